The monoisotopic (exact) mass is 524 g/mol. The van der Waals surface area contributed by atoms with Gasteiger partial charge in [0.1, 0.15) is 5.75 Å². The molecule has 1 aliphatic rings. The Morgan fingerprint density at radius 3 is 2.21 bits per heavy atom. The van der Waals surface area contributed by atoms with Crippen LogP contribution < -0.4 is 4.74 Å². The molecule has 5 nitrogen and oxygen atoms in total. The lowest BCUT2D eigenvalue weighted by Gasteiger charge is -2.43. The van der Waals surface area contributed by atoms with Gasteiger partial charge in [-0.3, -0.25) is 9.59 Å². The summed E-state index contributed by atoms with van der Waals surface area (Å²) in [6.07, 6.45) is -2.95. The van der Waals surface area contributed by atoms with Crippen LogP contribution in [-0.4, -0.2) is 48.4 Å². The summed E-state index contributed by atoms with van der Waals surface area (Å²) in [7, 11) is 1.76. The number of rotatable bonds is 8. The van der Waals surface area contributed by atoms with Crippen molar-refractivity contribution in [2.45, 2.75) is 32.0 Å². The summed E-state index contributed by atoms with van der Waals surface area (Å²) in [5.41, 5.74) is -0.242. The van der Waals surface area contributed by atoms with Gasteiger partial charge in [0.2, 0.25) is 5.91 Å². The van der Waals surface area contributed by atoms with E-state index >= 15 is 0 Å². The van der Waals surface area contributed by atoms with E-state index in [-0.39, 0.29) is 37.0 Å². The molecule has 38 heavy (non-hydrogen) atoms. The smallest absolute Gasteiger partial charge is 0.416 e. The van der Waals surface area contributed by atoms with Gasteiger partial charge in [0, 0.05) is 44.1 Å². The topological polar surface area (TPSA) is 49.9 Å². The zero-order valence-corrected chi connectivity index (χ0v) is 21.3. The minimum Gasteiger partial charge on any atom is -0.493 e. The fourth-order valence-corrected chi connectivity index (χ4v) is 4.83. The number of piperidine rings is 1. The Bertz CT molecular complexity index is 1220. The van der Waals surface area contributed by atoms with Crippen molar-refractivity contribution in [3.63, 3.8) is 0 Å². The summed E-state index contributed by atoms with van der Waals surface area (Å²) in [6.45, 7) is 1.42. The van der Waals surface area contributed by atoms with Gasteiger partial charge in [0.25, 0.3) is 5.91 Å². The Morgan fingerprint density at radius 1 is 0.947 bits per heavy atom. The number of alkyl halides is 3. The van der Waals surface area contributed by atoms with E-state index in [0.29, 0.717) is 31.7 Å². The van der Waals surface area contributed by atoms with Crippen LogP contribution in [0.2, 0.25) is 0 Å². The zero-order valence-electron chi connectivity index (χ0n) is 21.3. The van der Waals surface area contributed by atoms with Crippen LogP contribution in [0, 0.1) is 5.41 Å². The van der Waals surface area contributed by atoms with Crippen LogP contribution in [0.25, 0.3) is 0 Å². The van der Waals surface area contributed by atoms with E-state index in [2.05, 4.69) is 0 Å². The van der Waals surface area contributed by atoms with Gasteiger partial charge in [-0.25, -0.2) is 0 Å². The van der Waals surface area contributed by atoms with Crippen LogP contribution in [0.1, 0.15) is 40.7 Å². The Hall–Kier alpha value is -3.81. The van der Waals surface area contributed by atoms with E-state index in [1.54, 1.807) is 16.8 Å². The van der Waals surface area contributed by atoms with Gasteiger partial charge in [-0.1, -0.05) is 48.5 Å². The summed E-state index contributed by atoms with van der Waals surface area (Å²) in [5.74, 6) is 0.255. The number of carbonyl (C=O) groups is 2. The molecule has 1 atom stereocenters. The molecule has 2 amide bonds. The summed E-state index contributed by atoms with van der Waals surface area (Å²) < 4.78 is 45.0. The number of halogens is 3. The molecule has 0 spiro atoms. The number of para-hydroxylation sites is 1. The summed E-state index contributed by atoms with van der Waals surface area (Å²) in [6, 6.07) is 23.2. The lowest BCUT2D eigenvalue weighted by Crippen LogP contribution is -2.50. The molecule has 1 aliphatic heterocycles. The lowest BCUT2D eigenvalue weighted by atomic mass is 9.77. The number of ether oxygens (including phenoxy) is 1. The zero-order chi connectivity index (χ0) is 27.2. The first kappa shape index (κ1) is 27.2. The van der Waals surface area contributed by atoms with Gasteiger partial charge in [-0.05, 0) is 54.8 Å². The number of likely N-dealkylation sites (tertiary alicyclic amines) is 1. The largest absolute Gasteiger partial charge is 0.493 e. The molecule has 0 aromatic heterocycles. The number of carbonyl (C=O) groups excluding carboxylic acids is 2. The average molecular weight is 525 g/mol. The third kappa shape index (κ3) is 6.94. The van der Waals surface area contributed by atoms with Crippen molar-refractivity contribution in [2.24, 2.45) is 5.41 Å². The standard InChI is InChI=1S/C30H31F3N2O3/c1-34(20-23-9-4-2-5-10-23)27(36)19-29(22-38-26-11-6-3-7-12-26)17-8-18-35(21-29)28(37)24-13-15-25(16-14-24)30(31,32)33/h2-7,9-16H,8,17-22H2,1H3/t29-/m1/s1. The van der Waals surface area contributed by atoms with E-state index in [9.17, 15) is 22.8 Å². The van der Waals surface area contributed by atoms with Crippen LogP contribution in [0.4, 0.5) is 13.2 Å². The minimum atomic E-state index is -4.47. The van der Waals surface area contributed by atoms with Gasteiger partial charge in [0.05, 0.1) is 12.2 Å². The number of nitrogens with zero attached hydrogens (tertiary/aromatic N) is 2. The Kier molecular flexibility index (Phi) is 8.39. The van der Waals surface area contributed by atoms with E-state index in [1.807, 2.05) is 60.7 Å². The molecule has 0 radical (unpaired) electrons. The van der Waals surface area contributed by atoms with Crippen LogP contribution in [0.5, 0.6) is 5.75 Å². The molecule has 8 heteroatoms. The molecule has 1 fully saturated rings. The summed E-state index contributed by atoms with van der Waals surface area (Å²) in [5, 5.41) is 0. The molecule has 3 aromatic carbocycles. The first-order valence-corrected chi connectivity index (χ1v) is 12.6. The molecule has 3 aromatic rings. The second-order valence-corrected chi connectivity index (χ2v) is 9.92. The van der Waals surface area contributed by atoms with Crippen molar-refractivity contribution >= 4 is 11.8 Å². The van der Waals surface area contributed by atoms with Crippen molar-refractivity contribution in [1.29, 1.82) is 0 Å². The van der Waals surface area contributed by atoms with E-state index in [4.69, 9.17) is 4.74 Å². The Morgan fingerprint density at radius 2 is 1.58 bits per heavy atom. The molecule has 4 rings (SSSR count). The quantitative estimate of drug-likeness (QED) is 0.360. The highest BCUT2D eigenvalue weighted by Crippen LogP contribution is 2.36. The van der Waals surface area contributed by atoms with Crippen molar-refractivity contribution < 1.29 is 27.5 Å². The van der Waals surface area contributed by atoms with Gasteiger partial charge in [0.15, 0.2) is 0 Å². The minimum absolute atomic E-state index is 0.0608. The molecule has 0 aliphatic carbocycles. The van der Waals surface area contributed by atoms with Gasteiger partial charge >= 0.3 is 6.18 Å². The maximum atomic E-state index is 13.4. The molecule has 0 N–H and O–H groups in total. The van der Waals surface area contributed by atoms with Gasteiger partial charge in [-0.15, -0.1) is 0 Å². The van der Waals surface area contributed by atoms with E-state index in [1.165, 1.54) is 12.1 Å². The lowest BCUT2D eigenvalue weighted by molar-refractivity contribution is -0.137. The fourth-order valence-electron chi connectivity index (χ4n) is 4.83. The van der Waals surface area contributed by atoms with Crippen molar-refractivity contribution in [3.8, 4) is 5.75 Å². The van der Waals surface area contributed by atoms with Gasteiger partial charge < -0.3 is 14.5 Å². The maximum absolute atomic E-state index is 13.4. The number of benzene rings is 3. The molecule has 0 bridgehead atoms. The molecule has 0 saturated carbocycles. The first-order valence-electron chi connectivity index (χ1n) is 12.6. The van der Waals surface area contributed by atoms with Crippen LogP contribution >= 0.6 is 0 Å². The fraction of sp³-hybridized carbons (Fsp3) is 0.333. The highest BCUT2D eigenvalue weighted by molar-refractivity contribution is 5.94. The third-order valence-electron chi connectivity index (χ3n) is 6.91. The van der Waals surface area contributed by atoms with Gasteiger partial charge in [-0.2, -0.15) is 13.2 Å². The van der Waals surface area contributed by atoms with Crippen molar-refractivity contribution in [3.05, 3.63) is 102 Å². The van der Waals surface area contributed by atoms with Crippen molar-refractivity contribution in [2.75, 3.05) is 26.7 Å². The SMILES string of the molecule is CN(Cc1ccccc1)C(=O)C[C@]1(COc2ccccc2)CCCN(C(=O)c2ccc(C(F)(F)F)cc2)C1. The normalized spacial score (nSPS) is 17.6. The summed E-state index contributed by atoms with van der Waals surface area (Å²) >= 11 is 0. The molecule has 1 saturated heterocycles. The van der Waals surface area contributed by atoms with Crippen LogP contribution in [-0.2, 0) is 17.5 Å². The van der Waals surface area contributed by atoms with E-state index in [0.717, 1.165) is 17.7 Å². The Balaban J connectivity index is 1.52. The molecule has 200 valence electrons. The predicted molar refractivity (Wildman–Crippen MR) is 138 cm³/mol. The highest BCUT2D eigenvalue weighted by Gasteiger charge is 2.41. The predicted octanol–water partition coefficient (Wildman–Crippen LogP) is 6.06. The first-order chi connectivity index (χ1) is 18.2. The molecular formula is C30H31F3N2O3. The molecule has 1 heterocycles. The van der Waals surface area contributed by atoms with Crippen LogP contribution in [0.3, 0.4) is 0 Å². The second-order valence-electron chi connectivity index (χ2n) is 9.92. The Labute approximate surface area is 220 Å². The molecule has 0 unspecified atom stereocenters. The van der Waals surface area contributed by atoms with Crippen molar-refractivity contribution in [1.82, 2.24) is 9.80 Å². The highest BCUT2D eigenvalue weighted by atomic mass is 19.4. The number of hydrogen-bond acceptors (Lipinski definition) is 3. The molecular weight excluding hydrogens is 493 g/mol. The summed E-state index contributed by atoms with van der Waals surface area (Å²) in [4.78, 5) is 30.0. The van der Waals surface area contributed by atoms with Crippen LogP contribution in [0.15, 0.2) is 84.9 Å². The number of hydrogen-bond donors (Lipinski definition) is 0. The van der Waals surface area contributed by atoms with E-state index < -0.39 is 17.2 Å². The average Bonchev–Trinajstić information content (AvgIpc) is 2.92. The third-order valence-corrected chi connectivity index (χ3v) is 6.91. The second kappa shape index (κ2) is 11.7. The maximum Gasteiger partial charge on any atom is 0.416 e. The number of amides is 2.